The summed E-state index contributed by atoms with van der Waals surface area (Å²) in [6.45, 7) is 5.64. The molecule has 0 spiro atoms. The molecule has 0 saturated heterocycles. The Morgan fingerprint density at radius 2 is 1.64 bits per heavy atom. The Bertz CT molecular complexity index is 1250. The van der Waals surface area contributed by atoms with Crippen LogP contribution >= 0.6 is 0 Å². The van der Waals surface area contributed by atoms with Gasteiger partial charge in [-0.25, -0.2) is 0 Å². The number of amides is 3. The first-order valence-corrected chi connectivity index (χ1v) is 13.4. The molecule has 0 bridgehead atoms. The van der Waals surface area contributed by atoms with Crippen molar-refractivity contribution in [2.45, 2.75) is 51.7 Å². The Morgan fingerprint density at radius 3 is 2.31 bits per heavy atom. The van der Waals surface area contributed by atoms with Crippen molar-refractivity contribution >= 4 is 28.6 Å². The minimum Gasteiger partial charge on any atom is -0.358 e. The molecule has 3 amide bonds. The predicted octanol–water partition coefficient (Wildman–Crippen LogP) is 0.982. The molecule has 0 saturated carbocycles. The number of carbonyl (C=O) groups excluding carboxylic acids is 3. The van der Waals surface area contributed by atoms with Crippen molar-refractivity contribution < 1.29 is 14.4 Å². The van der Waals surface area contributed by atoms with E-state index in [0.717, 1.165) is 27.7 Å². The number of benzene rings is 2. The Hall–Kier alpha value is -3.73. The molecule has 3 aromatic rings. The van der Waals surface area contributed by atoms with Crippen LogP contribution in [0.1, 0.15) is 35.2 Å². The minimum absolute atomic E-state index is 0.200. The number of aryl methyl sites for hydroxylation is 3. The number of carbonyl (C=O) groups is 3. The summed E-state index contributed by atoms with van der Waals surface area (Å²) in [4.78, 5) is 43.7. The van der Waals surface area contributed by atoms with Gasteiger partial charge < -0.3 is 37.7 Å². The Balaban J connectivity index is 1.66. The Kier molecular flexibility index (Phi) is 11.0. The average molecular weight is 536 g/mol. The monoisotopic (exact) mass is 535 g/mol. The summed E-state index contributed by atoms with van der Waals surface area (Å²) in [5.41, 5.74) is 22.6. The first-order chi connectivity index (χ1) is 18.7. The van der Waals surface area contributed by atoms with Gasteiger partial charge in [0.05, 0.1) is 12.5 Å². The number of aromatic nitrogens is 1. The zero-order valence-corrected chi connectivity index (χ0v) is 22.8. The normalized spacial score (nSPS) is 12.6. The molecule has 39 heavy (non-hydrogen) atoms. The van der Waals surface area contributed by atoms with Gasteiger partial charge in [-0.2, -0.15) is 0 Å². The lowest BCUT2D eigenvalue weighted by atomic mass is 10.0. The third-order valence-electron chi connectivity index (χ3n) is 6.92. The van der Waals surface area contributed by atoms with Crippen molar-refractivity contribution in [2.75, 3.05) is 26.2 Å². The summed E-state index contributed by atoms with van der Waals surface area (Å²) in [6, 6.07) is 13.8. The lowest BCUT2D eigenvalue weighted by Gasteiger charge is -2.24. The summed E-state index contributed by atoms with van der Waals surface area (Å²) < 4.78 is 0. The molecule has 0 radical (unpaired) electrons. The molecule has 10 heteroatoms. The maximum Gasteiger partial charge on any atom is 0.242 e. The van der Waals surface area contributed by atoms with E-state index < -0.39 is 18.0 Å². The van der Waals surface area contributed by atoms with Gasteiger partial charge >= 0.3 is 0 Å². The molecule has 2 aromatic carbocycles. The van der Waals surface area contributed by atoms with Gasteiger partial charge in [-0.05, 0) is 55.5 Å². The first kappa shape index (κ1) is 29.8. The Labute approximate surface area is 229 Å². The second kappa shape index (κ2) is 14.4. The smallest absolute Gasteiger partial charge is 0.242 e. The molecule has 0 aliphatic rings. The molecule has 2 atom stereocenters. The summed E-state index contributed by atoms with van der Waals surface area (Å²) in [5, 5.41) is 6.84. The van der Waals surface area contributed by atoms with Crippen LogP contribution in [0.5, 0.6) is 0 Å². The van der Waals surface area contributed by atoms with E-state index in [-0.39, 0.29) is 31.3 Å². The average Bonchev–Trinajstić information content (AvgIpc) is 3.22. The fourth-order valence-corrected chi connectivity index (χ4v) is 4.52. The highest BCUT2D eigenvalue weighted by Crippen LogP contribution is 2.22. The van der Waals surface area contributed by atoms with Crippen LogP contribution in [0, 0.1) is 13.8 Å². The van der Waals surface area contributed by atoms with Crippen LogP contribution in [0.3, 0.4) is 0 Å². The lowest BCUT2D eigenvalue weighted by Crippen LogP contribution is -2.53. The van der Waals surface area contributed by atoms with Crippen LogP contribution in [0.15, 0.2) is 48.5 Å². The van der Waals surface area contributed by atoms with Crippen molar-refractivity contribution in [3.63, 3.8) is 0 Å². The van der Waals surface area contributed by atoms with Gasteiger partial charge in [-0.15, -0.1) is 0 Å². The van der Waals surface area contributed by atoms with Crippen molar-refractivity contribution in [1.29, 1.82) is 0 Å². The van der Waals surface area contributed by atoms with Crippen LogP contribution in [0.25, 0.3) is 10.9 Å². The van der Waals surface area contributed by atoms with Crippen LogP contribution < -0.4 is 27.8 Å². The van der Waals surface area contributed by atoms with E-state index in [9.17, 15) is 14.4 Å². The van der Waals surface area contributed by atoms with E-state index >= 15 is 0 Å². The molecule has 0 aliphatic carbocycles. The largest absolute Gasteiger partial charge is 0.358 e. The van der Waals surface area contributed by atoms with Gasteiger partial charge in [0.2, 0.25) is 17.7 Å². The maximum absolute atomic E-state index is 13.3. The fourth-order valence-electron chi connectivity index (χ4n) is 4.52. The fraction of sp³-hybridized carbons (Fsp3) is 0.414. The molecule has 10 nitrogen and oxygen atoms in total. The van der Waals surface area contributed by atoms with E-state index in [4.69, 9.17) is 17.2 Å². The highest BCUT2D eigenvalue weighted by molar-refractivity contribution is 5.92. The van der Waals surface area contributed by atoms with Gasteiger partial charge in [-0.1, -0.05) is 36.4 Å². The summed E-state index contributed by atoms with van der Waals surface area (Å²) >= 11 is 0. The molecule has 210 valence electrons. The minimum atomic E-state index is -1.11. The van der Waals surface area contributed by atoms with E-state index in [0.29, 0.717) is 32.5 Å². The van der Waals surface area contributed by atoms with E-state index in [1.54, 1.807) is 0 Å². The molecule has 1 heterocycles. The van der Waals surface area contributed by atoms with Crippen molar-refractivity contribution in [2.24, 2.45) is 17.2 Å². The molecule has 0 aliphatic heterocycles. The number of nitrogens with two attached hydrogens (primary N) is 3. The quantitative estimate of drug-likeness (QED) is 0.180. The number of aromatic amines is 1. The van der Waals surface area contributed by atoms with E-state index in [2.05, 4.69) is 28.6 Å². The number of nitrogens with zero attached hydrogens (tertiary/aromatic N) is 1. The number of H-pyrrole nitrogens is 1. The summed E-state index contributed by atoms with van der Waals surface area (Å²) in [6.07, 6.45) is 0.764. The number of rotatable bonds is 14. The van der Waals surface area contributed by atoms with E-state index in [1.807, 2.05) is 49.4 Å². The number of fused-ring (bicyclic) bond motifs is 1. The number of hydrogen-bond donors (Lipinski definition) is 6. The summed E-state index contributed by atoms with van der Waals surface area (Å²) in [5.74, 6) is -1.17. The molecular weight excluding hydrogens is 494 g/mol. The van der Waals surface area contributed by atoms with Crippen LogP contribution in [0.2, 0.25) is 0 Å². The van der Waals surface area contributed by atoms with Gasteiger partial charge in [-0.3, -0.25) is 14.4 Å². The highest BCUT2D eigenvalue weighted by atomic mass is 16.2. The molecule has 0 fully saturated rings. The Morgan fingerprint density at radius 1 is 0.949 bits per heavy atom. The number of nitrogens with one attached hydrogen (secondary N) is 3. The molecule has 2 unspecified atom stereocenters. The van der Waals surface area contributed by atoms with Gasteiger partial charge in [0.1, 0.15) is 6.04 Å². The van der Waals surface area contributed by atoms with Crippen LogP contribution in [-0.4, -0.2) is 65.9 Å². The van der Waals surface area contributed by atoms with Crippen LogP contribution in [0.4, 0.5) is 0 Å². The third-order valence-corrected chi connectivity index (χ3v) is 6.92. The first-order valence-electron chi connectivity index (χ1n) is 13.4. The lowest BCUT2D eigenvalue weighted by molar-refractivity contribution is -0.135. The highest BCUT2D eigenvalue weighted by Gasteiger charge is 2.26. The predicted molar refractivity (Wildman–Crippen MR) is 154 cm³/mol. The second-order valence-corrected chi connectivity index (χ2v) is 9.83. The molecule has 9 N–H and O–H groups in total. The molecule has 1 aromatic heterocycles. The van der Waals surface area contributed by atoms with Crippen molar-refractivity contribution in [3.8, 4) is 0 Å². The van der Waals surface area contributed by atoms with E-state index in [1.165, 1.54) is 10.5 Å². The number of hydrogen-bond acceptors (Lipinski definition) is 6. The van der Waals surface area contributed by atoms with Crippen LogP contribution in [-0.2, 0) is 27.3 Å². The topological polar surface area (TPSA) is 172 Å². The molecule has 3 rings (SSSR count). The standard InChI is InChI=1S/C29H41N7O3/c1-19-20(2)34-25-10-9-22(16-23(19)25)18-33-29(39)26(11-8-21-6-4-3-5-7-21)35-28(38)24(32)17-27(37)36(14-12-30)15-13-31/h3-7,9-10,16,24,26,34H,8,11-15,17-18,30-32H2,1-2H3,(H,33,39)(H,35,38). The SMILES string of the molecule is Cc1[nH]c2ccc(CNC(=O)C(CCc3ccccc3)NC(=O)C(N)CC(=O)N(CCN)CCN)cc2c1C. The van der Waals surface area contributed by atoms with Gasteiger partial charge in [0.25, 0.3) is 0 Å². The molecular formula is C29H41N7O3. The third kappa shape index (κ3) is 8.38. The second-order valence-electron chi connectivity index (χ2n) is 9.83. The van der Waals surface area contributed by atoms with Gasteiger partial charge in [0, 0.05) is 49.3 Å². The zero-order valence-electron chi connectivity index (χ0n) is 22.8. The zero-order chi connectivity index (χ0) is 28.4. The van der Waals surface area contributed by atoms with Crippen molar-refractivity contribution in [1.82, 2.24) is 20.5 Å². The van der Waals surface area contributed by atoms with Gasteiger partial charge in [0.15, 0.2) is 0 Å². The van der Waals surface area contributed by atoms with Crippen molar-refractivity contribution in [3.05, 3.63) is 70.9 Å². The maximum atomic E-state index is 13.3. The summed E-state index contributed by atoms with van der Waals surface area (Å²) in [7, 11) is 0.